The fourth-order valence-electron chi connectivity index (χ4n) is 2.74. The number of amides is 2. The zero-order valence-electron chi connectivity index (χ0n) is 19.6. The van der Waals surface area contributed by atoms with Gasteiger partial charge in [-0.05, 0) is 24.0 Å². The number of hydrogen-bond donors (Lipinski definition) is 6. The summed E-state index contributed by atoms with van der Waals surface area (Å²) >= 11 is 0. The molecule has 0 bridgehead atoms. The van der Waals surface area contributed by atoms with Crippen LogP contribution < -0.4 is 26.0 Å². The van der Waals surface area contributed by atoms with E-state index in [0.29, 0.717) is 18.9 Å². The van der Waals surface area contributed by atoms with Crippen LogP contribution in [0.15, 0.2) is 23.2 Å². The second-order valence-corrected chi connectivity index (χ2v) is 8.85. The molecule has 12 heteroatoms. The van der Waals surface area contributed by atoms with Crippen LogP contribution in [0.3, 0.4) is 0 Å². The van der Waals surface area contributed by atoms with Crippen molar-refractivity contribution in [3.63, 3.8) is 0 Å². The molecule has 1 heterocycles. The molecule has 1 atom stereocenters. The highest BCUT2D eigenvalue weighted by atomic mass is 16.5. The van der Waals surface area contributed by atoms with Crippen LogP contribution in [0.2, 0.25) is 0 Å². The van der Waals surface area contributed by atoms with Crippen LogP contribution in [-0.2, 0) is 9.53 Å². The molecule has 188 valence electrons. The van der Waals surface area contributed by atoms with Crippen molar-refractivity contribution in [1.29, 1.82) is 0 Å². The summed E-state index contributed by atoms with van der Waals surface area (Å²) in [6.07, 6.45) is 0.0972. The third-order valence-electron chi connectivity index (χ3n) is 4.47. The summed E-state index contributed by atoms with van der Waals surface area (Å²) in [5, 5.41) is 30.3. The number of carboxylic acid groups (broad SMARTS) is 1. The Morgan fingerprint density at radius 3 is 2.65 bits per heavy atom. The summed E-state index contributed by atoms with van der Waals surface area (Å²) in [4.78, 5) is 39.9. The van der Waals surface area contributed by atoms with Crippen molar-refractivity contribution in [3.8, 4) is 11.5 Å². The van der Waals surface area contributed by atoms with Gasteiger partial charge in [-0.2, -0.15) is 0 Å². The summed E-state index contributed by atoms with van der Waals surface area (Å²) in [6, 6.07) is 2.77. The Morgan fingerprint density at radius 1 is 1.26 bits per heavy atom. The molecule has 1 aromatic carbocycles. The lowest BCUT2D eigenvalue weighted by Crippen LogP contribution is -2.48. The van der Waals surface area contributed by atoms with E-state index in [0.717, 1.165) is 25.5 Å². The lowest BCUT2D eigenvalue weighted by Gasteiger charge is -2.20. The normalized spacial score (nSPS) is 14.1. The van der Waals surface area contributed by atoms with Gasteiger partial charge >= 0.3 is 12.1 Å². The number of ether oxygens (including phenoxy) is 2. The molecule has 12 nitrogen and oxygen atoms in total. The molecule has 0 radical (unpaired) electrons. The van der Waals surface area contributed by atoms with Gasteiger partial charge in [0.1, 0.15) is 24.1 Å². The van der Waals surface area contributed by atoms with Crippen LogP contribution in [0.25, 0.3) is 0 Å². The number of carboxylic acids is 1. The number of guanidine groups is 1. The molecular formula is C22H33N5O7. The fourth-order valence-corrected chi connectivity index (χ4v) is 2.74. The minimum absolute atomic E-state index is 0.0642. The average Bonchev–Trinajstić information content (AvgIpc) is 2.78. The molecule has 0 saturated carbocycles. The van der Waals surface area contributed by atoms with Crippen molar-refractivity contribution in [1.82, 2.24) is 21.3 Å². The van der Waals surface area contributed by atoms with Gasteiger partial charge in [0.05, 0.1) is 18.7 Å². The molecule has 1 aromatic rings. The third kappa shape index (κ3) is 9.43. The maximum Gasteiger partial charge on any atom is 0.407 e. The highest BCUT2D eigenvalue weighted by Gasteiger charge is 2.23. The first-order chi connectivity index (χ1) is 16.0. The number of nitrogens with zero attached hydrogens (tertiary/aromatic N) is 1. The molecule has 1 aliphatic rings. The van der Waals surface area contributed by atoms with Crippen LogP contribution in [-0.4, -0.2) is 79.6 Å². The molecule has 1 aliphatic heterocycles. The van der Waals surface area contributed by atoms with Crippen molar-refractivity contribution in [2.24, 2.45) is 10.4 Å². The third-order valence-corrected chi connectivity index (χ3v) is 4.47. The number of rotatable bonds is 10. The van der Waals surface area contributed by atoms with E-state index < -0.39 is 30.6 Å². The SMILES string of the molecule is CC(C)(C)COC(=O)N[C@@H](CNC(=O)c1ccc(OCCNC2=NCCCN2)cc1O)C(=O)O. The molecule has 0 saturated heterocycles. The predicted molar refractivity (Wildman–Crippen MR) is 124 cm³/mol. The van der Waals surface area contributed by atoms with Crippen molar-refractivity contribution >= 4 is 23.9 Å². The van der Waals surface area contributed by atoms with E-state index in [1.807, 2.05) is 20.8 Å². The van der Waals surface area contributed by atoms with E-state index in [4.69, 9.17) is 9.47 Å². The first kappa shape index (κ1) is 26.6. The van der Waals surface area contributed by atoms with Gasteiger partial charge in [0.25, 0.3) is 5.91 Å². The zero-order valence-corrected chi connectivity index (χ0v) is 19.6. The minimum Gasteiger partial charge on any atom is -0.507 e. The lowest BCUT2D eigenvalue weighted by atomic mass is 9.99. The summed E-state index contributed by atoms with van der Waals surface area (Å²) in [5.41, 5.74) is -0.346. The zero-order chi connectivity index (χ0) is 25.1. The van der Waals surface area contributed by atoms with E-state index >= 15 is 0 Å². The Bertz CT molecular complexity index is 898. The Morgan fingerprint density at radius 2 is 2.03 bits per heavy atom. The second kappa shape index (κ2) is 12.5. The van der Waals surface area contributed by atoms with E-state index in [-0.39, 0.29) is 23.3 Å². The summed E-state index contributed by atoms with van der Waals surface area (Å²) in [6.45, 7) is 7.73. The van der Waals surface area contributed by atoms with E-state index in [2.05, 4.69) is 26.3 Å². The Hall–Kier alpha value is -3.70. The number of carbonyl (C=O) groups excluding carboxylic acids is 2. The summed E-state index contributed by atoms with van der Waals surface area (Å²) in [7, 11) is 0. The number of alkyl carbamates (subject to hydrolysis) is 1. The molecular weight excluding hydrogens is 446 g/mol. The van der Waals surface area contributed by atoms with Crippen LogP contribution in [0, 0.1) is 5.41 Å². The maximum atomic E-state index is 12.4. The van der Waals surface area contributed by atoms with E-state index in [1.165, 1.54) is 18.2 Å². The number of phenols is 1. The highest BCUT2D eigenvalue weighted by molar-refractivity contribution is 5.97. The monoisotopic (exact) mass is 479 g/mol. The number of hydrogen-bond acceptors (Lipinski definition) is 9. The van der Waals surface area contributed by atoms with Gasteiger partial charge in [-0.3, -0.25) is 9.79 Å². The van der Waals surface area contributed by atoms with Crippen molar-refractivity contribution in [2.45, 2.75) is 33.2 Å². The lowest BCUT2D eigenvalue weighted by molar-refractivity contribution is -0.139. The van der Waals surface area contributed by atoms with Gasteiger partial charge in [-0.15, -0.1) is 0 Å². The first-order valence-electron chi connectivity index (χ1n) is 11.0. The van der Waals surface area contributed by atoms with Crippen molar-refractivity contribution in [3.05, 3.63) is 23.8 Å². The average molecular weight is 480 g/mol. The second-order valence-electron chi connectivity index (χ2n) is 8.85. The number of aliphatic imine (C=N–C) groups is 1. The minimum atomic E-state index is -1.41. The number of carbonyl (C=O) groups is 3. The number of aromatic hydroxyl groups is 1. The topological polar surface area (TPSA) is 171 Å². The molecule has 0 spiro atoms. The van der Waals surface area contributed by atoms with Gasteiger partial charge in [0.15, 0.2) is 5.96 Å². The van der Waals surface area contributed by atoms with Crippen molar-refractivity contribution in [2.75, 3.05) is 39.4 Å². The largest absolute Gasteiger partial charge is 0.507 e. The number of phenolic OH excluding ortho intramolecular Hbond substituents is 1. The Labute approximate surface area is 198 Å². The standard InChI is InChI=1S/C22H33N5O7/c1-22(2,3)13-34-21(32)27-16(19(30)31)12-26-18(29)15-6-5-14(11-17(15)28)33-10-9-25-20-23-7-4-8-24-20/h5-6,11,16,28H,4,7-10,12-13H2,1-3H3,(H,26,29)(H,27,32)(H,30,31)(H2,23,24,25)/t16-/m0/s1. The fraction of sp³-hybridized carbons (Fsp3) is 0.545. The van der Waals surface area contributed by atoms with Gasteiger partial charge in [0.2, 0.25) is 0 Å². The molecule has 0 unspecified atom stereocenters. The van der Waals surface area contributed by atoms with Gasteiger partial charge < -0.3 is 41.0 Å². The van der Waals surface area contributed by atoms with Gasteiger partial charge in [-0.25, -0.2) is 9.59 Å². The van der Waals surface area contributed by atoms with Crippen LogP contribution in [0.1, 0.15) is 37.6 Å². The van der Waals surface area contributed by atoms with Crippen LogP contribution in [0.4, 0.5) is 4.79 Å². The van der Waals surface area contributed by atoms with Gasteiger partial charge in [-0.1, -0.05) is 20.8 Å². The van der Waals surface area contributed by atoms with Crippen LogP contribution >= 0.6 is 0 Å². The van der Waals surface area contributed by atoms with Gasteiger partial charge in [0, 0.05) is 25.7 Å². The molecule has 0 fully saturated rings. The Kier molecular flexibility index (Phi) is 9.77. The quantitative estimate of drug-likeness (QED) is 0.264. The Balaban J connectivity index is 1.81. The van der Waals surface area contributed by atoms with Crippen LogP contribution in [0.5, 0.6) is 11.5 Å². The molecule has 34 heavy (non-hydrogen) atoms. The summed E-state index contributed by atoms with van der Waals surface area (Å²) in [5.74, 6) is -1.29. The molecule has 6 N–H and O–H groups in total. The van der Waals surface area contributed by atoms with E-state index in [9.17, 15) is 24.6 Å². The molecule has 0 aromatic heterocycles. The number of benzene rings is 1. The first-order valence-corrected chi connectivity index (χ1v) is 11.0. The number of aliphatic carboxylic acids is 1. The van der Waals surface area contributed by atoms with E-state index in [1.54, 1.807) is 0 Å². The molecule has 2 amide bonds. The number of nitrogens with one attached hydrogen (secondary N) is 4. The predicted octanol–water partition coefficient (Wildman–Crippen LogP) is 0.665. The summed E-state index contributed by atoms with van der Waals surface area (Å²) < 4.78 is 10.5. The highest BCUT2D eigenvalue weighted by Crippen LogP contribution is 2.23. The smallest absolute Gasteiger partial charge is 0.407 e. The molecule has 0 aliphatic carbocycles. The van der Waals surface area contributed by atoms with Crippen molar-refractivity contribution < 1.29 is 34.1 Å². The maximum absolute atomic E-state index is 12.4. The molecule has 2 rings (SSSR count).